The molecule has 3 unspecified atom stereocenters. The molecule has 1 aromatic heterocycles. The number of tetrazole rings is 1. The molecule has 3 rings (SSSR count). The van der Waals surface area contributed by atoms with Crippen LogP contribution in [-0.4, -0.2) is 60.7 Å². The van der Waals surface area contributed by atoms with E-state index in [9.17, 15) is 19.0 Å². The van der Waals surface area contributed by atoms with Gasteiger partial charge < -0.3 is 10.2 Å². The number of aromatic nitrogens is 4. The molecule has 7 nitrogen and oxygen atoms in total. The van der Waals surface area contributed by atoms with E-state index < -0.39 is 18.3 Å². The number of aromatic amines is 1. The first-order chi connectivity index (χ1) is 14.5. The van der Waals surface area contributed by atoms with Gasteiger partial charge in [-0.1, -0.05) is 60.5 Å². The monoisotopic (exact) mass is 421 g/mol. The number of hydrogen-bond acceptors (Lipinski definition) is 6. The molecule has 0 aliphatic carbocycles. The number of likely N-dealkylation sites (tertiary alicyclic amines) is 1. The van der Waals surface area contributed by atoms with Gasteiger partial charge in [0, 0.05) is 24.6 Å². The number of aryl methyl sites for hydroxylation is 1. The number of H-pyrrole nitrogens is 1. The van der Waals surface area contributed by atoms with Crippen molar-refractivity contribution in [2.45, 2.75) is 69.2 Å². The molecule has 2 aromatic rings. The highest BCUT2D eigenvalue weighted by Crippen LogP contribution is 2.33. The zero-order valence-corrected chi connectivity index (χ0v) is 16.9. The Labute approximate surface area is 174 Å². The minimum absolute atomic E-state index is 0.152. The van der Waals surface area contributed by atoms with E-state index in [-0.39, 0.29) is 11.6 Å². The predicted octanol–water partition coefficient (Wildman–Crippen LogP) is 2.79. The highest BCUT2D eigenvalue weighted by atomic mass is 19.3. The van der Waals surface area contributed by atoms with Gasteiger partial charge in [0.25, 0.3) is 0 Å². The van der Waals surface area contributed by atoms with Crippen molar-refractivity contribution in [1.82, 2.24) is 25.5 Å². The largest absolute Gasteiger partial charge is 0.382 e. The topological polar surface area (TPSA) is 98.2 Å². The third-order valence-electron chi connectivity index (χ3n) is 5.53. The van der Waals surface area contributed by atoms with Gasteiger partial charge in [-0.3, -0.25) is 4.90 Å². The van der Waals surface area contributed by atoms with E-state index in [1.165, 1.54) is 24.3 Å². The van der Waals surface area contributed by atoms with Gasteiger partial charge in [0.05, 0.1) is 0 Å². The van der Waals surface area contributed by atoms with E-state index in [1.54, 1.807) is 12.1 Å². The number of nitrogens with one attached hydrogen (secondary N) is 1. The number of alkyl halides is 2. The molecule has 1 aliphatic rings. The van der Waals surface area contributed by atoms with Crippen LogP contribution in [0.3, 0.4) is 0 Å². The summed E-state index contributed by atoms with van der Waals surface area (Å²) in [7, 11) is 0. The Kier molecular flexibility index (Phi) is 8.01. The SMILES string of the molecule is OC1CCC(C=CC(O)C(F)(F)c2ccccc2)N1CCCCCCc1nn[nH]n1. The summed E-state index contributed by atoms with van der Waals surface area (Å²) in [6.45, 7) is 0.684. The first-order valence-corrected chi connectivity index (χ1v) is 10.4. The Morgan fingerprint density at radius 3 is 2.67 bits per heavy atom. The first kappa shape index (κ1) is 22.5. The summed E-state index contributed by atoms with van der Waals surface area (Å²) in [4.78, 5) is 1.92. The zero-order chi connectivity index (χ0) is 21.4. The molecule has 2 heterocycles. The second-order valence-electron chi connectivity index (χ2n) is 7.67. The average Bonchev–Trinajstić information content (AvgIpc) is 3.39. The van der Waals surface area contributed by atoms with Crippen molar-refractivity contribution in [3.8, 4) is 0 Å². The lowest BCUT2D eigenvalue weighted by atomic mass is 10.0. The van der Waals surface area contributed by atoms with Gasteiger partial charge in [-0.25, -0.2) is 0 Å². The molecule has 1 saturated heterocycles. The third kappa shape index (κ3) is 5.90. The van der Waals surface area contributed by atoms with E-state index >= 15 is 0 Å². The molecule has 164 valence electrons. The second kappa shape index (κ2) is 10.7. The normalized spacial score (nSPS) is 21.5. The maximum Gasteiger partial charge on any atom is 0.302 e. The van der Waals surface area contributed by atoms with Crippen molar-refractivity contribution < 1.29 is 19.0 Å². The zero-order valence-electron chi connectivity index (χ0n) is 16.9. The quantitative estimate of drug-likeness (QED) is 0.381. The Morgan fingerprint density at radius 2 is 1.93 bits per heavy atom. The lowest BCUT2D eigenvalue weighted by Gasteiger charge is -2.26. The van der Waals surface area contributed by atoms with Crippen molar-refractivity contribution in [2.75, 3.05) is 6.54 Å². The lowest BCUT2D eigenvalue weighted by molar-refractivity contribution is -0.0930. The number of hydrogen-bond donors (Lipinski definition) is 3. The van der Waals surface area contributed by atoms with Crippen molar-refractivity contribution >= 4 is 0 Å². The molecule has 3 atom stereocenters. The highest BCUT2D eigenvalue weighted by molar-refractivity contribution is 5.23. The van der Waals surface area contributed by atoms with Gasteiger partial charge in [-0.2, -0.15) is 14.0 Å². The number of aliphatic hydroxyl groups excluding tert-OH is 2. The number of benzene rings is 1. The van der Waals surface area contributed by atoms with Crippen LogP contribution in [0.4, 0.5) is 8.78 Å². The first-order valence-electron chi connectivity index (χ1n) is 10.4. The molecule has 1 fully saturated rings. The number of unbranched alkanes of at least 4 members (excludes halogenated alkanes) is 3. The Morgan fingerprint density at radius 1 is 1.17 bits per heavy atom. The summed E-state index contributed by atoms with van der Waals surface area (Å²) in [5.41, 5.74) is -0.216. The maximum atomic E-state index is 14.4. The molecule has 0 amide bonds. The number of halogens is 2. The van der Waals surface area contributed by atoms with Crippen molar-refractivity contribution in [3.63, 3.8) is 0 Å². The van der Waals surface area contributed by atoms with E-state index in [2.05, 4.69) is 20.6 Å². The van der Waals surface area contributed by atoms with E-state index in [4.69, 9.17) is 0 Å². The lowest BCUT2D eigenvalue weighted by Crippen LogP contribution is -2.36. The van der Waals surface area contributed by atoms with E-state index in [1.807, 2.05) is 4.90 Å². The molecule has 0 bridgehead atoms. The van der Waals surface area contributed by atoms with Gasteiger partial charge in [0.1, 0.15) is 12.3 Å². The molecule has 0 radical (unpaired) electrons. The molecule has 1 aromatic carbocycles. The maximum absolute atomic E-state index is 14.4. The molecular formula is C21H29F2N5O2. The fraction of sp³-hybridized carbons (Fsp3) is 0.571. The summed E-state index contributed by atoms with van der Waals surface area (Å²) in [5.74, 6) is -2.65. The van der Waals surface area contributed by atoms with E-state index in [0.717, 1.165) is 38.2 Å². The van der Waals surface area contributed by atoms with Crippen LogP contribution in [0.5, 0.6) is 0 Å². The van der Waals surface area contributed by atoms with Crippen LogP contribution < -0.4 is 0 Å². The van der Waals surface area contributed by atoms with Crippen LogP contribution in [0.2, 0.25) is 0 Å². The highest BCUT2D eigenvalue weighted by Gasteiger charge is 2.39. The van der Waals surface area contributed by atoms with Crippen LogP contribution in [0, 0.1) is 0 Å². The van der Waals surface area contributed by atoms with Crippen molar-refractivity contribution in [1.29, 1.82) is 0 Å². The minimum Gasteiger partial charge on any atom is -0.382 e. The van der Waals surface area contributed by atoms with E-state index in [0.29, 0.717) is 25.2 Å². The number of rotatable bonds is 11. The van der Waals surface area contributed by atoms with Gasteiger partial charge in [-0.15, -0.1) is 10.2 Å². The van der Waals surface area contributed by atoms with Crippen LogP contribution in [0.15, 0.2) is 42.5 Å². The molecule has 0 saturated carbocycles. The van der Waals surface area contributed by atoms with Crippen LogP contribution in [0.25, 0.3) is 0 Å². The van der Waals surface area contributed by atoms with Crippen molar-refractivity contribution in [3.05, 3.63) is 53.9 Å². The van der Waals surface area contributed by atoms with Crippen LogP contribution in [0.1, 0.15) is 49.9 Å². The molecule has 0 spiro atoms. The van der Waals surface area contributed by atoms with Crippen LogP contribution >= 0.6 is 0 Å². The molecule has 30 heavy (non-hydrogen) atoms. The average molecular weight is 421 g/mol. The van der Waals surface area contributed by atoms with Gasteiger partial charge in [0.2, 0.25) is 0 Å². The smallest absolute Gasteiger partial charge is 0.302 e. The summed E-state index contributed by atoms with van der Waals surface area (Å²) < 4.78 is 28.9. The summed E-state index contributed by atoms with van der Waals surface area (Å²) >= 11 is 0. The standard InChI is InChI=1S/C21H29F2N5O2/c22-21(23,16-8-4-3-5-9-16)18(29)13-11-17-12-14-20(30)28(17)15-7-2-1-6-10-19-24-26-27-25-19/h3-5,8-9,11,13,17-18,20,29-30H,1-2,6-7,10,12,14-15H2,(H,24,25,26,27). The van der Waals surface area contributed by atoms with Gasteiger partial charge in [-0.05, 0) is 25.7 Å². The Balaban J connectivity index is 1.45. The second-order valence-corrected chi connectivity index (χ2v) is 7.67. The summed E-state index contributed by atoms with van der Waals surface area (Å²) in [6, 6.07) is 7.17. The molecular weight excluding hydrogens is 392 g/mol. The number of aliphatic hydroxyl groups is 2. The molecule has 9 heteroatoms. The Hall–Kier alpha value is -2.23. The van der Waals surface area contributed by atoms with Crippen LogP contribution in [-0.2, 0) is 12.3 Å². The van der Waals surface area contributed by atoms with Gasteiger partial charge >= 0.3 is 5.92 Å². The predicted molar refractivity (Wildman–Crippen MR) is 108 cm³/mol. The van der Waals surface area contributed by atoms with Gasteiger partial charge in [0.15, 0.2) is 5.82 Å². The molecule has 1 aliphatic heterocycles. The van der Waals surface area contributed by atoms with Crippen molar-refractivity contribution in [2.24, 2.45) is 0 Å². The summed E-state index contributed by atoms with van der Waals surface area (Å²) in [5, 5.41) is 34.1. The summed E-state index contributed by atoms with van der Waals surface area (Å²) in [6.07, 6.45) is 6.20. The Bertz CT molecular complexity index is 773. The third-order valence-corrected chi connectivity index (χ3v) is 5.53. The fourth-order valence-electron chi connectivity index (χ4n) is 3.80. The minimum atomic E-state index is -3.36. The molecule has 3 N–H and O–H groups in total. The number of nitrogens with zero attached hydrogens (tertiary/aromatic N) is 4. The fourth-order valence-corrected chi connectivity index (χ4v) is 3.80.